The van der Waals surface area contributed by atoms with Crippen LogP contribution in [-0.2, 0) is 0 Å². The number of alkyl halides is 2. The molecule has 0 heterocycles. The first-order chi connectivity index (χ1) is 8.86. The van der Waals surface area contributed by atoms with Crippen molar-refractivity contribution < 1.29 is 0 Å². The Morgan fingerprint density at radius 3 is 1.78 bits per heavy atom. The number of halogens is 2. The van der Waals surface area contributed by atoms with E-state index < -0.39 is 0 Å². The van der Waals surface area contributed by atoms with E-state index in [1.54, 1.807) is 0 Å². The van der Waals surface area contributed by atoms with Crippen LogP contribution in [0, 0.1) is 23.7 Å². The van der Waals surface area contributed by atoms with Crippen molar-refractivity contribution in [2.45, 2.75) is 25.7 Å². The van der Waals surface area contributed by atoms with E-state index in [2.05, 4.69) is 61.6 Å². The molecule has 0 aliphatic carbocycles. The van der Waals surface area contributed by atoms with Crippen molar-refractivity contribution in [3.63, 3.8) is 0 Å². The lowest BCUT2D eigenvalue weighted by atomic mass is 10.1. The highest BCUT2D eigenvalue weighted by Gasteiger charge is 1.89. The summed E-state index contributed by atoms with van der Waals surface area (Å²) in [5.41, 5.74) is 2.11. The third-order valence-electron chi connectivity index (χ3n) is 2.20. The molecular formula is C16H16Br2. The Hall–Kier alpha value is -0.700. The Morgan fingerprint density at radius 1 is 0.833 bits per heavy atom. The molecule has 0 aromatic heterocycles. The lowest BCUT2D eigenvalue weighted by molar-refractivity contribution is 1.00. The van der Waals surface area contributed by atoms with E-state index in [0.29, 0.717) is 0 Å². The zero-order valence-electron chi connectivity index (χ0n) is 10.3. The maximum atomic E-state index is 3.40. The van der Waals surface area contributed by atoms with Crippen LogP contribution in [0.2, 0.25) is 0 Å². The summed E-state index contributed by atoms with van der Waals surface area (Å²) in [7, 11) is 0. The minimum Gasteiger partial charge on any atom is -0.0979 e. The van der Waals surface area contributed by atoms with Crippen LogP contribution < -0.4 is 0 Å². The first kappa shape index (κ1) is 15.4. The minimum absolute atomic E-state index is 0.937. The zero-order chi connectivity index (χ0) is 13.1. The number of unbranched alkanes of at least 4 members (excludes halogenated alkanes) is 2. The van der Waals surface area contributed by atoms with Gasteiger partial charge in [-0.1, -0.05) is 61.6 Å². The Labute approximate surface area is 127 Å². The summed E-state index contributed by atoms with van der Waals surface area (Å²) in [6, 6.07) is 8.14. The summed E-state index contributed by atoms with van der Waals surface area (Å²) in [4.78, 5) is 0. The molecule has 0 unspecified atom stereocenters. The molecule has 0 bridgehead atoms. The van der Waals surface area contributed by atoms with Gasteiger partial charge in [-0.25, -0.2) is 0 Å². The summed E-state index contributed by atoms with van der Waals surface area (Å²) in [6.45, 7) is 0. The molecule has 0 nitrogen and oxygen atoms in total. The van der Waals surface area contributed by atoms with Gasteiger partial charge in [0.05, 0.1) is 0 Å². The van der Waals surface area contributed by atoms with Crippen LogP contribution in [0.15, 0.2) is 24.3 Å². The van der Waals surface area contributed by atoms with Crippen molar-refractivity contribution in [3.8, 4) is 23.7 Å². The lowest BCUT2D eigenvalue weighted by Crippen LogP contribution is -1.79. The molecule has 0 radical (unpaired) electrons. The molecule has 18 heavy (non-hydrogen) atoms. The van der Waals surface area contributed by atoms with Gasteiger partial charge in [-0.15, -0.1) is 0 Å². The zero-order valence-corrected chi connectivity index (χ0v) is 13.5. The molecule has 0 N–H and O–H groups in total. The maximum Gasteiger partial charge on any atom is 0.0257 e. The lowest BCUT2D eigenvalue weighted by Gasteiger charge is -1.92. The summed E-state index contributed by atoms with van der Waals surface area (Å²) < 4.78 is 0. The second-order valence-corrected chi connectivity index (χ2v) is 5.36. The molecule has 0 aliphatic rings. The first-order valence-corrected chi connectivity index (χ1v) is 8.31. The van der Waals surface area contributed by atoms with Crippen LogP contribution in [0.1, 0.15) is 36.8 Å². The van der Waals surface area contributed by atoms with E-state index in [1.807, 2.05) is 18.2 Å². The smallest absolute Gasteiger partial charge is 0.0257 e. The molecule has 0 amide bonds. The molecule has 0 aliphatic heterocycles. The molecule has 0 spiro atoms. The average molecular weight is 368 g/mol. The third kappa shape index (κ3) is 6.90. The predicted molar refractivity (Wildman–Crippen MR) is 86.3 cm³/mol. The fraction of sp³-hybridized carbons (Fsp3) is 0.375. The van der Waals surface area contributed by atoms with E-state index in [1.165, 1.54) is 0 Å². The van der Waals surface area contributed by atoms with Crippen LogP contribution in [0.25, 0.3) is 0 Å². The monoisotopic (exact) mass is 366 g/mol. The van der Waals surface area contributed by atoms with Gasteiger partial charge in [0.1, 0.15) is 0 Å². The van der Waals surface area contributed by atoms with Gasteiger partial charge in [0.25, 0.3) is 0 Å². The Morgan fingerprint density at radius 2 is 1.33 bits per heavy atom. The van der Waals surface area contributed by atoms with Crippen LogP contribution in [-0.4, -0.2) is 10.7 Å². The van der Waals surface area contributed by atoms with Gasteiger partial charge in [0.15, 0.2) is 0 Å². The van der Waals surface area contributed by atoms with E-state index in [9.17, 15) is 0 Å². The minimum atomic E-state index is 0.937. The van der Waals surface area contributed by atoms with Crippen LogP contribution >= 0.6 is 31.9 Å². The Balaban J connectivity index is 2.59. The molecule has 1 rings (SSSR count). The van der Waals surface area contributed by atoms with Crippen LogP contribution in [0.4, 0.5) is 0 Å². The standard InChI is InChI=1S/C16H16Br2/c17-12-5-1-3-8-15-10-7-11-16(14-15)9-4-2-6-13-18/h7,10-11,14H,1-2,5-6,12-13H2. The van der Waals surface area contributed by atoms with Gasteiger partial charge in [0.2, 0.25) is 0 Å². The highest BCUT2D eigenvalue weighted by Crippen LogP contribution is 2.03. The number of hydrogen-bond donors (Lipinski definition) is 0. The van der Waals surface area contributed by atoms with Crippen LogP contribution in [0.3, 0.4) is 0 Å². The quantitative estimate of drug-likeness (QED) is 0.409. The highest BCUT2D eigenvalue weighted by atomic mass is 79.9. The largest absolute Gasteiger partial charge is 0.0979 e. The molecule has 0 saturated carbocycles. The average Bonchev–Trinajstić information content (AvgIpc) is 2.40. The molecule has 1 aromatic carbocycles. The van der Waals surface area contributed by atoms with Gasteiger partial charge in [0, 0.05) is 34.6 Å². The molecule has 0 fully saturated rings. The number of benzene rings is 1. The normalized spacial score (nSPS) is 9.00. The second-order valence-electron chi connectivity index (χ2n) is 3.77. The van der Waals surface area contributed by atoms with Gasteiger partial charge in [-0.05, 0) is 31.0 Å². The van der Waals surface area contributed by atoms with Crippen molar-refractivity contribution in [1.29, 1.82) is 0 Å². The molecule has 1 aromatic rings. The predicted octanol–water partition coefficient (Wildman–Crippen LogP) is 4.74. The van der Waals surface area contributed by atoms with Crippen LogP contribution in [0.5, 0.6) is 0 Å². The molecular weight excluding hydrogens is 352 g/mol. The second kappa shape index (κ2) is 10.2. The van der Waals surface area contributed by atoms with Crippen molar-refractivity contribution in [2.24, 2.45) is 0 Å². The highest BCUT2D eigenvalue weighted by molar-refractivity contribution is 9.09. The molecule has 0 saturated heterocycles. The van der Waals surface area contributed by atoms with Crippen molar-refractivity contribution in [1.82, 2.24) is 0 Å². The first-order valence-electron chi connectivity index (χ1n) is 6.06. The number of hydrogen-bond acceptors (Lipinski definition) is 0. The summed E-state index contributed by atoms with van der Waals surface area (Å²) in [6.07, 6.45) is 4.07. The van der Waals surface area contributed by atoms with E-state index in [0.717, 1.165) is 47.5 Å². The molecule has 94 valence electrons. The Bertz CT molecular complexity index is 428. The van der Waals surface area contributed by atoms with Crippen molar-refractivity contribution in [2.75, 3.05) is 10.7 Å². The van der Waals surface area contributed by atoms with Gasteiger partial charge < -0.3 is 0 Å². The summed E-state index contributed by atoms with van der Waals surface area (Å²) >= 11 is 6.80. The van der Waals surface area contributed by atoms with E-state index in [4.69, 9.17) is 0 Å². The van der Waals surface area contributed by atoms with E-state index >= 15 is 0 Å². The van der Waals surface area contributed by atoms with Crippen molar-refractivity contribution >= 4 is 31.9 Å². The third-order valence-corrected chi connectivity index (χ3v) is 3.32. The van der Waals surface area contributed by atoms with Crippen molar-refractivity contribution in [3.05, 3.63) is 35.4 Å². The van der Waals surface area contributed by atoms with Gasteiger partial charge >= 0.3 is 0 Å². The fourth-order valence-corrected chi connectivity index (χ4v) is 1.87. The number of rotatable bonds is 4. The van der Waals surface area contributed by atoms with E-state index in [-0.39, 0.29) is 0 Å². The van der Waals surface area contributed by atoms with Gasteiger partial charge in [-0.3, -0.25) is 0 Å². The fourth-order valence-electron chi connectivity index (χ4n) is 1.31. The Kier molecular flexibility index (Phi) is 8.74. The summed E-state index contributed by atoms with van der Waals surface area (Å²) in [5, 5.41) is 2.03. The SMILES string of the molecule is BrCCCC#Cc1cccc(C#CCCCBr)c1. The molecule has 0 atom stereocenters. The topological polar surface area (TPSA) is 0 Å². The maximum absolute atomic E-state index is 3.40. The van der Waals surface area contributed by atoms with Gasteiger partial charge in [-0.2, -0.15) is 0 Å². The summed E-state index contributed by atoms with van der Waals surface area (Å²) in [5.74, 6) is 12.7. The molecule has 2 heteroatoms.